The molecule has 1 aromatic heterocycles. The van der Waals surface area contributed by atoms with Crippen molar-refractivity contribution in [2.24, 2.45) is 0 Å². The SMILES string of the molecule is CCN(CCO)C(=O)Cc1csc(-c2ccc(C)cc2)n1. The summed E-state index contributed by atoms with van der Waals surface area (Å²) in [5.41, 5.74) is 3.08. The maximum Gasteiger partial charge on any atom is 0.228 e. The summed E-state index contributed by atoms with van der Waals surface area (Å²) >= 11 is 1.55. The van der Waals surface area contributed by atoms with E-state index >= 15 is 0 Å². The monoisotopic (exact) mass is 304 g/mol. The molecule has 0 aliphatic heterocycles. The number of aryl methyl sites for hydroxylation is 1. The molecule has 5 heteroatoms. The Morgan fingerprint density at radius 1 is 1.33 bits per heavy atom. The predicted octanol–water partition coefficient (Wildman–Crippen LogP) is 2.50. The molecular weight excluding hydrogens is 284 g/mol. The molecule has 1 heterocycles. The quantitative estimate of drug-likeness (QED) is 0.892. The Hall–Kier alpha value is -1.72. The van der Waals surface area contributed by atoms with E-state index in [1.54, 1.807) is 16.2 Å². The fourth-order valence-electron chi connectivity index (χ4n) is 2.06. The van der Waals surface area contributed by atoms with Crippen molar-refractivity contribution in [1.29, 1.82) is 0 Å². The number of rotatable bonds is 6. The Labute approximate surface area is 129 Å². The molecule has 0 fully saturated rings. The molecule has 4 nitrogen and oxygen atoms in total. The molecule has 0 saturated carbocycles. The highest BCUT2D eigenvalue weighted by atomic mass is 32.1. The largest absolute Gasteiger partial charge is 0.395 e. The molecule has 1 aromatic carbocycles. The van der Waals surface area contributed by atoms with Gasteiger partial charge in [0, 0.05) is 24.0 Å². The zero-order chi connectivity index (χ0) is 15.2. The van der Waals surface area contributed by atoms with E-state index in [4.69, 9.17) is 5.11 Å². The molecule has 2 aromatic rings. The molecule has 0 aliphatic carbocycles. The minimum absolute atomic E-state index is 0.00676. The topological polar surface area (TPSA) is 53.4 Å². The number of hydrogen-bond acceptors (Lipinski definition) is 4. The first-order valence-corrected chi connectivity index (χ1v) is 7.92. The number of aromatic nitrogens is 1. The van der Waals surface area contributed by atoms with E-state index in [0.29, 0.717) is 13.1 Å². The summed E-state index contributed by atoms with van der Waals surface area (Å²) in [6.45, 7) is 4.94. The number of aliphatic hydroxyl groups is 1. The van der Waals surface area contributed by atoms with Gasteiger partial charge in [0.05, 0.1) is 18.7 Å². The maximum absolute atomic E-state index is 12.1. The van der Waals surface area contributed by atoms with Gasteiger partial charge in [-0.1, -0.05) is 29.8 Å². The van der Waals surface area contributed by atoms with E-state index in [9.17, 15) is 4.79 Å². The van der Waals surface area contributed by atoms with Gasteiger partial charge in [0.2, 0.25) is 5.91 Å². The van der Waals surface area contributed by atoms with Crippen LogP contribution in [-0.2, 0) is 11.2 Å². The fraction of sp³-hybridized carbons (Fsp3) is 0.375. The van der Waals surface area contributed by atoms with Crippen molar-refractivity contribution in [3.05, 3.63) is 40.9 Å². The molecule has 0 unspecified atom stereocenters. The van der Waals surface area contributed by atoms with E-state index in [0.717, 1.165) is 16.3 Å². The number of aliphatic hydroxyl groups excluding tert-OH is 1. The van der Waals surface area contributed by atoms with Crippen molar-refractivity contribution in [3.63, 3.8) is 0 Å². The molecule has 0 atom stereocenters. The Bertz CT molecular complexity index is 593. The summed E-state index contributed by atoms with van der Waals surface area (Å²) in [5, 5.41) is 11.8. The van der Waals surface area contributed by atoms with Gasteiger partial charge < -0.3 is 10.0 Å². The van der Waals surface area contributed by atoms with Crippen LogP contribution in [0.4, 0.5) is 0 Å². The highest BCUT2D eigenvalue weighted by molar-refractivity contribution is 7.13. The number of hydrogen-bond donors (Lipinski definition) is 1. The minimum Gasteiger partial charge on any atom is -0.395 e. The molecule has 1 N–H and O–H groups in total. The van der Waals surface area contributed by atoms with Crippen molar-refractivity contribution in [2.45, 2.75) is 20.3 Å². The van der Waals surface area contributed by atoms with Gasteiger partial charge in [-0.05, 0) is 13.8 Å². The first-order chi connectivity index (χ1) is 10.1. The molecule has 112 valence electrons. The molecule has 0 radical (unpaired) electrons. The van der Waals surface area contributed by atoms with E-state index in [1.807, 2.05) is 24.4 Å². The van der Waals surface area contributed by atoms with Gasteiger partial charge in [-0.15, -0.1) is 11.3 Å². The number of carbonyl (C=O) groups is 1. The third kappa shape index (κ3) is 4.12. The standard InChI is InChI=1S/C16H20N2O2S/c1-3-18(8-9-19)15(20)10-14-11-21-16(17-14)13-6-4-12(2)5-7-13/h4-7,11,19H,3,8-10H2,1-2H3. The first kappa shape index (κ1) is 15.7. The van der Waals surface area contributed by atoms with Gasteiger partial charge in [0.15, 0.2) is 0 Å². The van der Waals surface area contributed by atoms with Crippen LogP contribution in [-0.4, -0.2) is 40.6 Å². The number of carbonyl (C=O) groups excluding carboxylic acids is 1. The van der Waals surface area contributed by atoms with E-state index in [1.165, 1.54) is 5.56 Å². The van der Waals surface area contributed by atoms with Crippen molar-refractivity contribution < 1.29 is 9.90 Å². The molecule has 1 amide bonds. The van der Waals surface area contributed by atoms with E-state index < -0.39 is 0 Å². The predicted molar refractivity (Wildman–Crippen MR) is 85.3 cm³/mol. The van der Waals surface area contributed by atoms with Gasteiger partial charge in [-0.3, -0.25) is 4.79 Å². The minimum atomic E-state index is -0.00867. The average Bonchev–Trinajstić information content (AvgIpc) is 2.93. The Balaban J connectivity index is 2.06. The van der Waals surface area contributed by atoms with Crippen LogP contribution in [0.2, 0.25) is 0 Å². The average molecular weight is 304 g/mol. The summed E-state index contributed by atoms with van der Waals surface area (Å²) in [6, 6.07) is 8.21. The number of benzene rings is 1. The molecule has 0 bridgehead atoms. The van der Waals surface area contributed by atoms with Gasteiger partial charge in [0.1, 0.15) is 5.01 Å². The van der Waals surface area contributed by atoms with E-state index in [-0.39, 0.29) is 18.9 Å². The van der Waals surface area contributed by atoms with Crippen molar-refractivity contribution >= 4 is 17.2 Å². The Morgan fingerprint density at radius 3 is 2.67 bits per heavy atom. The second-order valence-electron chi connectivity index (χ2n) is 4.88. The van der Waals surface area contributed by atoms with Crippen LogP contribution < -0.4 is 0 Å². The zero-order valence-electron chi connectivity index (χ0n) is 12.4. The van der Waals surface area contributed by atoms with Crippen LogP contribution in [0.5, 0.6) is 0 Å². The van der Waals surface area contributed by atoms with Crippen molar-refractivity contribution in [2.75, 3.05) is 19.7 Å². The molecule has 2 rings (SSSR count). The molecule has 0 saturated heterocycles. The zero-order valence-corrected chi connectivity index (χ0v) is 13.2. The number of nitrogens with zero attached hydrogens (tertiary/aromatic N) is 2. The van der Waals surface area contributed by atoms with Gasteiger partial charge >= 0.3 is 0 Å². The smallest absolute Gasteiger partial charge is 0.228 e. The second kappa shape index (κ2) is 7.33. The molecular formula is C16H20N2O2S. The number of amides is 1. The lowest BCUT2D eigenvalue weighted by Crippen LogP contribution is -2.34. The van der Waals surface area contributed by atoms with Crippen LogP contribution >= 0.6 is 11.3 Å². The second-order valence-corrected chi connectivity index (χ2v) is 5.74. The highest BCUT2D eigenvalue weighted by Gasteiger charge is 2.14. The van der Waals surface area contributed by atoms with Crippen LogP contribution in [0.15, 0.2) is 29.6 Å². The third-order valence-corrected chi connectivity index (χ3v) is 4.23. The lowest BCUT2D eigenvalue weighted by molar-refractivity contribution is -0.130. The third-order valence-electron chi connectivity index (χ3n) is 3.29. The normalized spacial score (nSPS) is 10.6. The van der Waals surface area contributed by atoms with Crippen LogP contribution in [0.25, 0.3) is 10.6 Å². The summed E-state index contributed by atoms with van der Waals surface area (Å²) in [5.74, 6) is 0.00676. The van der Waals surface area contributed by atoms with Crippen molar-refractivity contribution in [3.8, 4) is 10.6 Å². The van der Waals surface area contributed by atoms with Crippen LogP contribution in [0, 0.1) is 6.92 Å². The highest BCUT2D eigenvalue weighted by Crippen LogP contribution is 2.24. The van der Waals surface area contributed by atoms with Gasteiger partial charge in [-0.25, -0.2) is 4.98 Å². The van der Waals surface area contributed by atoms with E-state index in [2.05, 4.69) is 24.0 Å². The number of likely N-dealkylation sites (N-methyl/N-ethyl adjacent to an activating group) is 1. The molecule has 0 aliphatic rings. The van der Waals surface area contributed by atoms with Crippen LogP contribution in [0.1, 0.15) is 18.2 Å². The van der Waals surface area contributed by atoms with Crippen molar-refractivity contribution in [1.82, 2.24) is 9.88 Å². The lowest BCUT2D eigenvalue weighted by Gasteiger charge is -2.18. The lowest BCUT2D eigenvalue weighted by atomic mass is 10.2. The summed E-state index contributed by atoms with van der Waals surface area (Å²) in [7, 11) is 0. The van der Waals surface area contributed by atoms with Gasteiger partial charge in [-0.2, -0.15) is 0 Å². The Morgan fingerprint density at radius 2 is 2.05 bits per heavy atom. The van der Waals surface area contributed by atoms with Crippen LogP contribution in [0.3, 0.4) is 0 Å². The first-order valence-electron chi connectivity index (χ1n) is 7.04. The number of thiazole rings is 1. The fourth-order valence-corrected chi connectivity index (χ4v) is 2.89. The molecule has 21 heavy (non-hydrogen) atoms. The maximum atomic E-state index is 12.1. The summed E-state index contributed by atoms with van der Waals surface area (Å²) in [4.78, 5) is 18.3. The van der Waals surface area contributed by atoms with Gasteiger partial charge in [0.25, 0.3) is 0 Å². The molecule has 0 spiro atoms. The summed E-state index contributed by atoms with van der Waals surface area (Å²) in [6.07, 6.45) is 0.288. The Kier molecular flexibility index (Phi) is 5.47. The summed E-state index contributed by atoms with van der Waals surface area (Å²) < 4.78 is 0.